The summed E-state index contributed by atoms with van der Waals surface area (Å²) in [5, 5.41) is 9.49. The molecule has 1 heterocycles. The Morgan fingerprint density at radius 3 is 3.06 bits per heavy atom. The molecule has 1 saturated heterocycles. The van der Waals surface area contributed by atoms with Gasteiger partial charge in [-0.05, 0) is 43.2 Å². The van der Waals surface area contributed by atoms with E-state index in [4.69, 9.17) is 4.74 Å². The molecule has 16 heavy (non-hydrogen) atoms. The zero-order valence-electron chi connectivity index (χ0n) is 9.56. The molecule has 0 bridgehead atoms. The van der Waals surface area contributed by atoms with Crippen molar-refractivity contribution in [1.82, 2.24) is 0 Å². The van der Waals surface area contributed by atoms with E-state index in [1.165, 1.54) is 12.2 Å². The van der Waals surface area contributed by atoms with Crippen LogP contribution in [-0.4, -0.2) is 22.7 Å². The molecular weight excluding hydrogens is 220 g/mol. The largest absolute Gasteiger partial charge is 0.490 e. The number of hydrogen-bond acceptors (Lipinski definition) is 3. The van der Waals surface area contributed by atoms with Crippen LogP contribution in [0.3, 0.4) is 0 Å². The van der Waals surface area contributed by atoms with E-state index in [1.54, 1.807) is 6.92 Å². The fourth-order valence-corrected chi connectivity index (χ4v) is 2.88. The molecule has 1 aromatic carbocycles. The van der Waals surface area contributed by atoms with Crippen LogP contribution in [0.25, 0.3) is 0 Å². The number of aliphatic hydroxyl groups excluding tert-OH is 1. The summed E-state index contributed by atoms with van der Waals surface area (Å²) in [6.45, 7) is 1.77. The summed E-state index contributed by atoms with van der Waals surface area (Å²) in [5.74, 6) is 3.22. The molecule has 1 N–H and O–H groups in total. The zero-order valence-corrected chi connectivity index (χ0v) is 10.4. The van der Waals surface area contributed by atoms with Crippen LogP contribution >= 0.6 is 11.8 Å². The highest BCUT2D eigenvalue weighted by atomic mass is 32.2. The summed E-state index contributed by atoms with van der Waals surface area (Å²) in [4.78, 5) is 0. The average Bonchev–Trinajstić information content (AvgIpc) is 2.30. The van der Waals surface area contributed by atoms with Gasteiger partial charge in [-0.1, -0.05) is 12.1 Å². The van der Waals surface area contributed by atoms with Crippen LogP contribution in [0, 0.1) is 0 Å². The minimum Gasteiger partial charge on any atom is -0.490 e. The predicted octanol–water partition coefficient (Wildman–Crippen LogP) is 3.01. The smallest absolute Gasteiger partial charge is 0.120 e. The molecule has 3 heteroatoms. The number of thioether (sulfide) groups is 1. The number of rotatable bonds is 3. The van der Waals surface area contributed by atoms with E-state index < -0.39 is 6.10 Å². The fourth-order valence-electron chi connectivity index (χ4n) is 1.84. The molecule has 1 aliphatic rings. The lowest BCUT2D eigenvalue weighted by molar-refractivity contribution is 0.194. The Bertz CT molecular complexity index is 332. The Morgan fingerprint density at radius 2 is 2.38 bits per heavy atom. The van der Waals surface area contributed by atoms with E-state index in [0.717, 1.165) is 23.5 Å². The van der Waals surface area contributed by atoms with Crippen molar-refractivity contribution in [2.75, 3.05) is 11.5 Å². The Kier molecular flexibility index (Phi) is 4.13. The SMILES string of the molecule is CC(O)c1cccc(OC2CCCSC2)c1. The first-order valence-corrected chi connectivity index (χ1v) is 6.93. The van der Waals surface area contributed by atoms with E-state index in [2.05, 4.69) is 0 Å². The lowest BCUT2D eigenvalue weighted by Gasteiger charge is -2.23. The molecule has 0 spiro atoms. The molecular formula is C13H18O2S. The summed E-state index contributed by atoms with van der Waals surface area (Å²) >= 11 is 1.96. The first-order chi connectivity index (χ1) is 7.75. The Hall–Kier alpha value is -0.670. The van der Waals surface area contributed by atoms with Crippen LogP contribution in [0.4, 0.5) is 0 Å². The van der Waals surface area contributed by atoms with Gasteiger partial charge in [0.1, 0.15) is 11.9 Å². The standard InChI is InChI=1S/C13H18O2S/c1-10(14)11-4-2-5-12(8-11)15-13-6-3-7-16-9-13/h2,4-5,8,10,13-14H,3,6-7,9H2,1H3. The van der Waals surface area contributed by atoms with Gasteiger partial charge in [0.25, 0.3) is 0 Å². The van der Waals surface area contributed by atoms with Gasteiger partial charge in [-0.3, -0.25) is 0 Å². The van der Waals surface area contributed by atoms with Crippen molar-refractivity contribution in [2.24, 2.45) is 0 Å². The second kappa shape index (κ2) is 5.60. The van der Waals surface area contributed by atoms with Gasteiger partial charge in [-0.15, -0.1) is 0 Å². The van der Waals surface area contributed by atoms with Crippen LogP contribution in [0.15, 0.2) is 24.3 Å². The highest BCUT2D eigenvalue weighted by molar-refractivity contribution is 7.99. The zero-order chi connectivity index (χ0) is 11.4. The summed E-state index contributed by atoms with van der Waals surface area (Å²) < 4.78 is 5.91. The van der Waals surface area contributed by atoms with E-state index in [-0.39, 0.29) is 0 Å². The van der Waals surface area contributed by atoms with E-state index >= 15 is 0 Å². The third-order valence-corrected chi connectivity index (χ3v) is 3.95. The number of aliphatic hydroxyl groups is 1. The lowest BCUT2D eigenvalue weighted by Crippen LogP contribution is -2.23. The second-order valence-corrected chi connectivity index (χ2v) is 5.36. The van der Waals surface area contributed by atoms with Crippen molar-refractivity contribution >= 4 is 11.8 Å². The maximum absolute atomic E-state index is 9.49. The topological polar surface area (TPSA) is 29.5 Å². The summed E-state index contributed by atoms with van der Waals surface area (Å²) in [5.41, 5.74) is 0.918. The molecule has 1 aromatic rings. The van der Waals surface area contributed by atoms with Crippen LogP contribution < -0.4 is 4.74 Å². The Labute approximate surface area is 101 Å². The third-order valence-electron chi connectivity index (χ3n) is 2.76. The molecule has 0 aromatic heterocycles. The molecule has 1 aliphatic heterocycles. The summed E-state index contributed by atoms with van der Waals surface area (Å²) in [6.07, 6.45) is 2.30. The molecule has 2 unspecified atom stereocenters. The quantitative estimate of drug-likeness (QED) is 0.877. The lowest BCUT2D eigenvalue weighted by atomic mass is 10.1. The van der Waals surface area contributed by atoms with Gasteiger partial charge in [0.05, 0.1) is 6.10 Å². The molecule has 0 saturated carbocycles. The molecule has 0 amide bonds. The first kappa shape index (κ1) is 11.8. The highest BCUT2D eigenvalue weighted by Gasteiger charge is 2.15. The third kappa shape index (κ3) is 3.16. The van der Waals surface area contributed by atoms with Gasteiger partial charge in [-0.25, -0.2) is 0 Å². The molecule has 2 nitrogen and oxygen atoms in total. The van der Waals surface area contributed by atoms with Crippen molar-refractivity contribution < 1.29 is 9.84 Å². The number of hydrogen-bond donors (Lipinski definition) is 1. The van der Waals surface area contributed by atoms with Gasteiger partial charge in [0, 0.05) is 5.75 Å². The maximum Gasteiger partial charge on any atom is 0.120 e. The minimum absolute atomic E-state index is 0.336. The van der Waals surface area contributed by atoms with E-state index in [9.17, 15) is 5.11 Å². The van der Waals surface area contributed by atoms with Gasteiger partial charge < -0.3 is 9.84 Å². The minimum atomic E-state index is -0.427. The van der Waals surface area contributed by atoms with Gasteiger partial charge >= 0.3 is 0 Å². The molecule has 88 valence electrons. The molecule has 2 rings (SSSR count). The van der Waals surface area contributed by atoms with Gasteiger partial charge in [-0.2, -0.15) is 11.8 Å². The van der Waals surface area contributed by atoms with Crippen LogP contribution in [-0.2, 0) is 0 Å². The number of ether oxygens (including phenoxy) is 1. The van der Waals surface area contributed by atoms with Crippen molar-refractivity contribution in [3.63, 3.8) is 0 Å². The second-order valence-electron chi connectivity index (χ2n) is 4.21. The Balaban J connectivity index is 2.00. The van der Waals surface area contributed by atoms with Crippen molar-refractivity contribution in [2.45, 2.75) is 32.0 Å². The van der Waals surface area contributed by atoms with Gasteiger partial charge in [0.2, 0.25) is 0 Å². The van der Waals surface area contributed by atoms with E-state index in [0.29, 0.717) is 6.10 Å². The van der Waals surface area contributed by atoms with Crippen molar-refractivity contribution in [3.8, 4) is 5.75 Å². The first-order valence-electron chi connectivity index (χ1n) is 5.78. The molecule has 1 fully saturated rings. The Morgan fingerprint density at radius 1 is 1.50 bits per heavy atom. The average molecular weight is 238 g/mol. The van der Waals surface area contributed by atoms with E-state index in [1.807, 2.05) is 36.0 Å². The van der Waals surface area contributed by atoms with Crippen molar-refractivity contribution in [3.05, 3.63) is 29.8 Å². The number of benzene rings is 1. The highest BCUT2D eigenvalue weighted by Crippen LogP contribution is 2.24. The molecule has 2 atom stereocenters. The van der Waals surface area contributed by atoms with Crippen LogP contribution in [0.5, 0.6) is 5.75 Å². The maximum atomic E-state index is 9.49. The molecule has 0 radical (unpaired) electrons. The van der Waals surface area contributed by atoms with Crippen LogP contribution in [0.1, 0.15) is 31.4 Å². The summed E-state index contributed by atoms with van der Waals surface area (Å²) in [6, 6.07) is 7.76. The van der Waals surface area contributed by atoms with Crippen LogP contribution in [0.2, 0.25) is 0 Å². The summed E-state index contributed by atoms with van der Waals surface area (Å²) in [7, 11) is 0. The normalized spacial score (nSPS) is 22.8. The van der Waals surface area contributed by atoms with Gasteiger partial charge in [0.15, 0.2) is 0 Å². The fraction of sp³-hybridized carbons (Fsp3) is 0.538. The molecule has 0 aliphatic carbocycles. The monoisotopic (exact) mass is 238 g/mol. The predicted molar refractivity (Wildman–Crippen MR) is 68.1 cm³/mol. The van der Waals surface area contributed by atoms with Crippen molar-refractivity contribution in [1.29, 1.82) is 0 Å².